The van der Waals surface area contributed by atoms with Gasteiger partial charge in [0.15, 0.2) is 5.11 Å². The van der Waals surface area contributed by atoms with E-state index in [0.717, 1.165) is 22.6 Å². The Bertz CT molecular complexity index is 691. The molecule has 1 heterocycles. The van der Waals surface area contributed by atoms with Gasteiger partial charge in [-0.15, -0.1) is 11.8 Å². The molecule has 0 fully saturated rings. The van der Waals surface area contributed by atoms with Crippen LogP contribution in [-0.4, -0.2) is 10.9 Å². The lowest BCUT2D eigenvalue weighted by molar-refractivity contribution is 0.553. The highest BCUT2D eigenvalue weighted by atomic mass is 32.2. The maximum Gasteiger partial charge on any atom is 0.167 e. The Morgan fingerprint density at radius 1 is 1.22 bits per heavy atom. The highest BCUT2D eigenvalue weighted by molar-refractivity contribution is 7.99. The van der Waals surface area contributed by atoms with Gasteiger partial charge in [0.1, 0.15) is 5.82 Å². The molecule has 0 amide bonds. The molecule has 1 aliphatic heterocycles. The number of hydrogen-bond donors (Lipinski definition) is 2. The van der Waals surface area contributed by atoms with Crippen LogP contribution in [0.1, 0.15) is 36.6 Å². The van der Waals surface area contributed by atoms with Crippen LogP contribution in [0.15, 0.2) is 53.4 Å². The highest BCUT2D eigenvalue weighted by Gasteiger charge is 2.23. The van der Waals surface area contributed by atoms with Gasteiger partial charge in [0, 0.05) is 10.6 Å². The number of nitrogens with one attached hydrogen (secondary N) is 2. The third kappa shape index (κ3) is 3.85. The fraction of sp³-hybridized carbons (Fsp3) is 0.278. The van der Waals surface area contributed by atoms with Crippen molar-refractivity contribution in [3.63, 3.8) is 0 Å². The maximum absolute atomic E-state index is 13.9. The normalized spacial score (nSPS) is 17.9. The van der Waals surface area contributed by atoms with Crippen molar-refractivity contribution in [2.75, 3.05) is 5.75 Å². The van der Waals surface area contributed by atoms with Crippen LogP contribution in [0.3, 0.4) is 0 Å². The van der Waals surface area contributed by atoms with E-state index in [1.54, 1.807) is 17.8 Å². The van der Waals surface area contributed by atoms with Gasteiger partial charge in [-0.2, -0.15) is 0 Å². The number of thiocarbonyl (C=S) groups is 1. The fourth-order valence-electron chi connectivity index (χ4n) is 2.76. The van der Waals surface area contributed by atoms with Crippen LogP contribution in [0.2, 0.25) is 0 Å². The number of fused-ring (bicyclic) bond motifs is 1. The zero-order chi connectivity index (χ0) is 16.2. The smallest absolute Gasteiger partial charge is 0.167 e. The molecule has 23 heavy (non-hydrogen) atoms. The number of rotatable bonds is 3. The van der Waals surface area contributed by atoms with Crippen molar-refractivity contribution >= 4 is 29.1 Å². The van der Waals surface area contributed by atoms with E-state index < -0.39 is 0 Å². The van der Waals surface area contributed by atoms with Crippen LogP contribution < -0.4 is 10.6 Å². The molecule has 0 aromatic heterocycles. The average molecular weight is 346 g/mol. The lowest BCUT2D eigenvalue weighted by atomic mass is 10.0. The molecule has 3 rings (SSSR count). The van der Waals surface area contributed by atoms with Gasteiger partial charge in [-0.05, 0) is 42.8 Å². The predicted molar refractivity (Wildman–Crippen MR) is 98.2 cm³/mol. The van der Waals surface area contributed by atoms with Crippen LogP contribution >= 0.6 is 24.0 Å². The third-order valence-corrected chi connectivity index (χ3v) is 5.37. The molecule has 2 nitrogen and oxygen atoms in total. The summed E-state index contributed by atoms with van der Waals surface area (Å²) in [5.74, 6) is 0.748. The van der Waals surface area contributed by atoms with Crippen LogP contribution in [0.25, 0.3) is 0 Å². The predicted octanol–water partition coefficient (Wildman–Crippen LogP) is 4.59. The molecular formula is C18H19FN2S2. The molecule has 5 heteroatoms. The van der Waals surface area contributed by atoms with Gasteiger partial charge in [0.05, 0.1) is 12.1 Å². The molecule has 0 unspecified atom stereocenters. The van der Waals surface area contributed by atoms with Crippen molar-refractivity contribution < 1.29 is 4.39 Å². The number of benzene rings is 2. The van der Waals surface area contributed by atoms with Gasteiger partial charge >= 0.3 is 0 Å². The van der Waals surface area contributed by atoms with E-state index in [0.29, 0.717) is 5.11 Å². The largest absolute Gasteiger partial charge is 0.356 e. The van der Waals surface area contributed by atoms with Gasteiger partial charge in [-0.3, -0.25) is 0 Å². The van der Waals surface area contributed by atoms with Crippen LogP contribution in [0.4, 0.5) is 4.39 Å². The fourth-order valence-corrected chi connectivity index (χ4v) is 4.22. The number of thioether (sulfide) groups is 1. The second-order valence-corrected chi connectivity index (χ2v) is 7.11. The summed E-state index contributed by atoms with van der Waals surface area (Å²) in [7, 11) is 0. The third-order valence-electron chi connectivity index (χ3n) is 3.98. The monoisotopic (exact) mass is 346 g/mol. The summed E-state index contributed by atoms with van der Waals surface area (Å²) in [5, 5.41) is 7.26. The summed E-state index contributed by atoms with van der Waals surface area (Å²) in [4.78, 5) is 0.746. The second-order valence-electron chi connectivity index (χ2n) is 5.60. The molecule has 120 valence electrons. The summed E-state index contributed by atoms with van der Waals surface area (Å²) in [5.41, 5.74) is 2.18. The molecule has 0 bridgehead atoms. The molecule has 0 radical (unpaired) electrons. The van der Waals surface area contributed by atoms with Crippen molar-refractivity contribution in [2.45, 2.75) is 30.3 Å². The van der Waals surface area contributed by atoms with Crippen LogP contribution in [0, 0.1) is 5.82 Å². The second kappa shape index (κ2) is 7.32. The Morgan fingerprint density at radius 2 is 2.00 bits per heavy atom. The Kier molecular flexibility index (Phi) is 5.18. The molecule has 2 aromatic carbocycles. The lowest BCUT2D eigenvalue weighted by Crippen LogP contribution is -2.40. The Hall–Kier alpha value is -1.59. The molecule has 1 aliphatic rings. The summed E-state index contributed by atoms with van der Waals surface area (Å²) in [6.45, 7) is 2.08. The van der Waals surface area contributed by atoms with Gasteiger partial charge in [-0.25, -0.2) is 4.39 Å². The first-order chi connectivity index (χ1) is 11.1. The van der Waals surface area contributed by atoms with E-state index in [4.69, 9.17) is 12.2 Å². The van der Waals surface area contributed by atoms with Crippen molar-refractivity contribution in [2.24, 2.45) is 0 Å². The zero-order valence-corrected chi connectivity index (χ0v) is 14.5. The SMILES string of the molecule is C[C@@H](NC(=S)N[C@H]1CCSc2c(F)cccc21)c1ccccc1. The minimum Gasteiger partial charge on any atom is -0.356 e. The quantitative estimate of drug-likeness (QED) is 0.794. The first-order valence-corrected chi connectivity index (χ1v) is 9.07. The summed E-state index contributed by atoms with van der Waals surface area (Å²) >= 11 is 7.03. The number of hydrogen-bond acceptors (Lipinski definition) is 2. The molecular weight excluding hydrogens is 327 g/mol. The summed E-state index contributed by atoms with van der Waals surface area (Å²) < 4.78 is 13.9. The minimum atomic E-state index is -0.143. The Balaban J connectivity index is 1.67. The summed E-state index contributed by atoms with van der Waals surface area (Å²) in [6.07, 6.45) is 0.933. The van der Waals surface area contributed by atoms with Gasteiger partial charge < -0.3 is 10.6 Å². The van der Waals surface area contributed by atoms with Gasteiger partial charge in [-0.1, -0.05) is 42.5 Å². The molecule has 0 aliphatic carbocycles. The Labute approximate surface area is 145 Å². The summed E-state index contributed by atoms with van der Waals surface area (Å²) in [6, 6.07) is 15.6. The van der Waals surface area contributed by atoms with Crippen molar-refractivity contribution in [1.29, 1.82) is 0 Å². The Morgan fingerprint density at radius 3 is 2.78 bits per heavy atom. The van der Waals surface area contributed by atoms with E-state index in [2.05, 4.69) is 29.7 Å². The first kappa shape index (κ1) is 16.3. The van der Waals surface area contributed by atoms with Crippen LogP contribution in [-0.2, 0) is 0 Å². The average Bonchev–Trinajstić information content (AvgIpc) is 2.56. The van der Waals surface area contributed by atoms with Crippen molar-refractivity contribution in [1.82, 2.24) is 10.6 Å². The standard InChI is InChI=1S/C18H19FN2S2/c1-12(13-6-3-2-4-7-13)20-18(22)21-16-10-11-23-17-14(16)8-5-9-15(17)19/h2-9,12,16H,10-11H2,1H3,(H2,20,21,22)/t12-,16+/m1/s1. The van der Waals surface area contributed by atoms with Gasteiger partial charge in [0.2, 0.25) is 0 Å². The molecule has 2 atom stereocenters. The van der Waals surface area contributed by atoms with E-state index in [-0.39, 0.29) is 17.9 Å². The van der Waals surface area contributed by atoms with Crippen LogP contribution in [0.5, 0.6) is 0 Å². The van der Waals surface area contributed by atoms with Gasteiger partial charge in [0.25, 0.3) is 0 Å². The highest BCUT2D eigenvalue weighted by Crippen LogP contribution is 2.37. The molecule has 2 N–H and O–H groups in total. The lowest BCUT2D eigenvalue weighted by Gasteiger charge is -2.28. The van der Waals surface area contributed by atoms with Crippen molar-refractivity contribution in [3.05, 3.63) is 65.5 Å². The molecule has 2 aromatic rings. The maximum atomic E-state index is 13.9. The number of halogens is 1. The topological polar surface area (TPSA) is 24.1 Å². The molecule has 0 saturated carbocycles. The van der Waals surface area contributed by atoms with Crippen molar-refractivity contribution in [3.8, 4) is 0 Å². The van der Waals surface area contributed by atoms with E-state index >= 15 is 0 Å². The van der Waals surface area contributed by atoms with E-state index in [9.17, 15) is 4.39 Å². The van der Waals surface area contributed by atoms with E-state index in [1.807, 2.05) is 24.3 Å². The first-order valence-electron chi connectivity index (χ1n) is 7.68. The molecule has 0 saturated heterocycles. The molecule has 0 spiro atoms. The minimum absolute atomic E-state index is 0.0601. The van der Waals surface area contributed by atoms with E-state index in [1.165, 1.54) is 11.6 Å². The zero-order valence-electron chi connectivity index (χ0n) is 12.9.